The maximum Gasteiger partial charge on any atom is 0.340 e. The minimum Gasteiger partial charge on any atom is -0.493 e. The molecule has 0 atom stereocenters. The second-order valence-electron chi connectivity index (χ2n) is 4.16. The average molecular weight is 272 g/mol. The Morgan fingerprint density at radius 2 is 2.15 bits per heavy atom. The highest BCUT2D eigenvalue weighted by Crippen LogP contribution is 2.20. The van der Waals surface area contributed by atoms with Crippen molar-refractivity contribution in [1.82, 2.24) is 4.98 Å². The summed E-state index contributed by atoms with van der Waals surface area (Å²) in [6.45, 7) is 0.474. The fraction of sp³-hybridized carbons (Fsp3) is 0.200. The number of ether oxygens (including phenoxy) is 2. The molecule has 5 heteroatoms. The van der Waals surface area contributed by atoms with Crippen LogP contribution in [-0.4, -0.2) is 24.7 Å². The Kier molecular flexibility index (Phi) is 4.55. The Bertz CT molecular complexity index is 585. The van der Waals surface area contributed by atoms with E-state index in [0.29, 0.717) is 30.0 Å². The van der Waals surface area contributed by atoms with Crippen molar-refractivity contribution in [2.24, 2.45) is 0 Å². The fourth-order valence-corrected chi connectivity index (χ4v) is 1.73. The van der Waals surface area contributed by atoms with E-state index in [1.54, 1.807) is 24.4 Å². The van der Waals surface area contributed by atoms with Crippen molar-refractivity contribution in [3.63, 3.8) is 0 Å². The highest BCUT2D eigenvalue weighted by molar-refractivity contribution is 5.95. The maximum absolute atomic E-state index is 11.5. The van der Waals surface area contributed by atoms with Gasteiger partial charge in [-0.3, -0.25) is 4.98 Å². The second-order valence-corrected chi connectivity index (χ2v) is 4.16. The molecule has 0 unspecified atom stereocenters. The number of hydrogen-bond acceptors (Lipinski definition) is 5. The van der Waals surface area contributed by atoms with Gasteiger partial charge in [0.25, 0.3) is 0 Å². The lowest BCUT2D eigenvalue weighted by molar-refractivity contribution is 0.0601. The number of carbonyl (C=O) groups excluding carboxylic acids is 1. The quantitative estimate of drug-likeness (QED) is 0.666. The summed E-state index contributed by atoms with van der Waals surface area (Å²) < 4.78 is 10.3. The molecule has 20 heavy (non-hydrogen) atoms. The summed E-state index contributed by atoms with van der Waals surface area (Å²) >= 11 is 0. The molecule has 0 saturated carbocycles. The molecule has 0 radical (unpaired) electrons. The normalized spacial score (nSPS) is 10.1. The second kappa shape index (κ2) is 6.56. The number of pyridine rings is 1. The zero-order valence-corrected chi connectivity index (χ0v) is 11.2. The van der Waals surface area contributed by atoms with E-state index in [1.807, 2.05) is 18.2 Å². The van der Waals surface area contributed by atoms with Gasteiger partial charge in [-0.25, -0.2) is 4.79 Å². The van der Waals surface area contributed by atoms with Gasteiger partial charge >= 0.3 is 5.97 Å². The maximum atomic E-state index is 11.5. The number of aromatic nitrogens is 1. The number of nitrogen functional groups attached to an aromatic ring is 1. The summed E-state index contributed by atoms with van der Waals surface area (Å²) in [4.78, 5) is 15.7. The van der Waals surface area contributed by atoms with E-state index in [2.05, 4.69) is 9.72 Å². The van der Waals surface area contributed by atoms with Crippen molar-refractivity contribution >= 4 is 11.7 Å². The summed E-state index contributed by atoms with van der Waals surface area (Å²) in [5, 5.41) is 0. The van der Waals surface area contributed by atoms with Crippen molar-refractivity contribution in [3.8, 4) is 5.75 Å². The lowest BCUT2D eigenvalue weighted by Gasteiger charge is -2.09. The van der Waals surface area contributed by atoms with E-state index < -0.39 is 5.97 Å². The van der Waals surface area contributed by atoms with Gasteiger partial charge in [-0.15, -0.1) is 0 Å². The van der Waals surface area contributed by atoms with Gasteiger partial charge in [0.15, 0.2) is 0 Å². The smallest absolute Gasteiger partial charge is 0.340 e. The summed E-state index contributed by atoms with van der Waals surface area (Å²) in [7, 11) is 1.32. The van der Waals surface area contributed by atoms with Crippen molar-refractivity contribution in [2.45, 2.75) is 6.42 Å². The third-order valence-corrected chi connectivity index (χ3v) is 2.78. The van der Waals surface area contributed by atoms with Crippen molar-refractivity contribution in [2.75, 3.05) is 19.5 Å². The molecule has 0 aliphatic carbocycles. The highest BCUT2D eigenvalue weighted by atomic mass is 16.5. The number of esters is 1. The number of methoxy groups -OCH3 is 1. The van der Waals surface area contributed by atoms with Gasteiger partial charge in [0, 0.05) is 24.0 Å². The van der Waals surface area contributed by atoms with Gasteiger partial charge in [0.1, 0.15) is 5.75 Å². The number of anilines is 1. The summed E-state index contributed by atoms with van der Waals surface area (Å²) in [6, 6.07) is 10.7. The lowest BCUT2D eigenvalue weighted by atomic mass is 10.1. The number of nitrogens with zero attached hydrogens (tertiary/aromatic N) is 1. The van der Waals surface area contributed by atoms with Crippen LogP contribution in [-0.2, 0) is 11.2 Å². The fourth-order valence-electron chi connectivity index (χ4n) is 1.73. The van der Waals surface area contributed by atoms with Crippen LogP contribution in [0.25, 0.3) is 0 Å². The van der Waals surface area contributed by atoms with E-state index >= 15 is 0 Å². The SMILES string of the molecule is COC(=O)c1cc(OCCc2ccccn2)ccc1N. The van der Waals surface area contributed by atoms with Gasteiger partial charge in [0.05, 0.1) is 19.3 Å². The standard InChI is InChI=1S/C15H16N2O3/c1-19-15(18)13-10-12(5-6-14(13)16)20-9-7-11-4-2-3-8-17-11/h2-6,8,10H,7,9,16H2,1H3. The topological polar surface area (TPSA) is 74.4 Å². The Morgan fingerprint density at radius 1 is 1.30 bits per heavy atom. The van der Waals surface area contributed by atoms with Crippen LogP contribution in [0.15, 0.2) is 42.6 Å². The largest absolute Gasteiger partial charge is 0.493 e. The first-order valence-electron chi connectivity index (χ1n) is 6.21. The zero-order valence-electron chi connectivity index (χ0n) is 11.2. The van der Waals surface area contributed by atoms with E-state index in [-0.39, 0.29) is 0 Å². The van der Waals surface area contributed by atoms with Crippen molar-refractivity contribution in [1.29, 1.82) is 0 Å². The summed E-state index contributed by atoms with van der Waals surface area (Å²) in [6.07, 6.45) is 2.44. The highest BCUT2D eigenvalue weighted by Gasteiger charge is 2.11. The number of carbonyl (C=O) groups is 1. The van der Waals surface area contributed by atoms with Gasteiger partial charge in [0.2, 0.25) is 0 Å². The molecule has 1 aromatic carbocycles. The average Bonchev–Trinajstić information content (AvgIpc) is 2.49. The van der Waals surface area contributed by atoms with E-state index in [9.17, 15) is 4.79 Å². The third kappa shape index (κ3) is 3.47. The first-order chi connectivity index (χ1) is 9.70. The van der Waals surface area contributed by atoms with Crippen LogP contribution in [0.2, 0.25) is 0 Å². The van der Waals surface area contributed by atoms with Gasteiger partial charge < -0.3 is 15.2 Å². The molecule has 2 N–H and O–H groups in total. The van der Waals surface area contributed by atoms with Crippen LogP contribution < -0.4 is 10.5 Å². The van der Waals surface area contributed by atoms with Gasteiger partial charge in [-0.1, -0.05) is 6.07 Å². The Morgan fingerprint density at radius 3 is 2.85 bits per heavy atom. The predicted molar refractivity (Wildman–Crippen MR) is 75.6 cm³/mol. The van der Waals surface area contributed by atoms with Gasteiger partial charge in [-0.2, -0.15) is 0 Å². The molecule has 2 aromatic rings. The molecule has 2 rings (SSSR count). The van der Waals surface area contributed by atoms with Crippen molar-refractivity contribution in [3.05, 3.63) is 53.9 Å². The van der Waals surface area contributed by atoms with Crippen LogP contribution in [0, 0.1) is 0 Å². The van der Waals surface area contributed by atoms with Gasteiger partial charge in [-0.05, 0) is 30.3 Å². The van der Waals surface area contributed by atoms with E-state index in [1.165, 1.54) is 7.11 Å². The molecule has 5 nitrogen and oxygen atoms in total. The Labute approximate surface area is 117 Å². The zero-order chi connectivity index (χ0) is 14.4. The molecule has 0 spiro atoms. The summed E-state index contributed by atoms with van der Waals surface area (Å²) in [5.74, 6) is 0.105. The predicted octanol–water partition coefficient (Wildman–Crippen LogP) is 2.07. The van der Waals surface area contributed by atoms with E-state index in [4.69, 9.17) is 10.5 Å². The number of hydrogen-bond donors (Lipinski definition) is 1. The molecule has 0 bridgehead atoms. The van der Waals surface area contributed by atoms with Crippen LogP contribution >= 0.6 is 0 Å². The molecule has 1 heterocycles. The molecular formula is C15H16N2O3. The molecule has 0 aliphatic heterocycles. The Hall–Kier alpha value is -2.56. The minimum absolute atomic E-state index is 0.308. The van der Waals surface area contributed by atoms with Crippen molar-refractivity contribution < 1.29 is 14.3 Å². The monoisotopic (exact) mass is 272 g/mol. The lowest BCUT2D eigenvalue weighted by Crippen LogP contribution is -2.07. The van der Waals surface area contributed by atoms with E-state index in [0.717, 1.165) is 5.69 Å². The van der Waals surface area contributed by atoms with Crippen LogP contribution in [0.4, 0.5) is 5.69 Å². The van der Waals surface area contributed by atoms with Crippen LogP contribution in [0.5, 0.6) is 5.75 Å². The number of benzene rings is 1. The number of rotatable bonds is 5. The molecular weight excluding hydrogens is 256 g/mol. The molecule has 104 valence electrons. The summed E-state index contributed by atoms with van der Waals surface area (Å²) in [5.41, 5.74) is 7.35. The Balaban J connectivity index is 1.98. The molecule has 0 saturated heterocycles. The first kappa shape index (κ1) is 13.9. The molecule has 0 amide bonds. The molecule has 0 fully saturated rings. The molecule has 1 aromatic heterocycles. The van der Waals surface area contributed by atoms with Crippen LogP contribution in [0.1, 0.15) is 16.1 Å². The van der Waals surface area contributed by atoms with Crippen LogP contribution in [0.3, 0.4) is 0 Å². The first-order valence-corrected chi connectivity index (χ1v) is 6.21. The third-order valence-electron chi connectivity index (χ3n) is 2.78. The molecule has 0 aliphatic rings. The number of nitrogens with two attached hydrogens (primary N) is 1. The minimum atomic E-state index is -0.474.